The SMILES string of the molecule is CC(CCC[C@@H](C)C1(C)CC[C@H]2[C@]3(C)[C@H](O)C=C4CC(=O)CC[C@]4(C)[C@H]3CC[C@@]21C)C(=O)O. The van der Waals surface area contributed by atoms with Crippen LogP contribution in [0.15, 0.2) is 11.6 Å². The van der Waals surface area contributed by atoms with Gasteiger partial charge in [-0.15, -0.1) is 0 Å². The van der Waals surface area contributed by atoms with E-state index in [0.717, 1.165) is 38.5 Å². The van der Waals surface area contributed by atoms with Gasteiger partial charge < -0.3 is 10.2 Å². The van der Waals surface area contributed by atoms with Gasteiger partial charge in [-0.25, -0.2) is 0 Å². The van der Waals surface area contributed by atoms with E-state index in [1.165, 1.54) is 18.4 Å². The van der Waals surface area contributed by atoms with E-state index in [-0.39, 0.29) is 27.6 Å². The summed E-state index contributed by atoms with van der Waals surface area (Å²) in [6, 6.07) is 0. The number of aliphatic carboxylic acids is 1. The van der Waals surface area contributed by atoms with Gasteiger partial charge in [0.2, 0.25) is 0 Å². The minimum atomic E-state index is -0.690. The molecule has 4 nitrogen and oxygen atoms in total. The maximum Gasteiger partial charge on any atom is 0.306 e. The number of rotatable bonds is 6. The number of aliphatic hydroxyl groups is 1. The quantitative estimate of drug-likeness (QED) is 0.451. The fourth-order valence-electron chi connectivity index (χ4n) is 9.38. The van der Waals surface area contributed by atoms with Gasteiger partial charge in [0.25, 0.3) is 0 Å². The number of carbonyl (C=O) groups excluding carboxylic acids is 1. The molecule has 4 aliphatic carbocycles. The number of carboxylic acids is 1. The van der Waals surface area contributed by atoms with Crippen LogP contribution in [0.3, 0.4) is 0 Å². The Labute approximate surface area is 200 Å². The first kappa shape index (κ1) is 24.9. The molecule has 0 radical (unpaired) electrons. The Kier molecular flexibility index (Phi) is 6.21. The number of hydrogen-bond donors (Lipinski definition) is 2. The highest BCUT2D eigenvalue weighted by molar-refractivity contribution is 5.82. The van der Waals surface area contributed by atoms with Gasteiger partial charge in [-0.3, -0.25) is 9.59 Å². The third-order valence-electron chi connectivity index (χ3n) is 12.1. The van der Waals surface area contributed by atoms with E-state index in [2.05, 4.69) is 40.7 Å². The third kappa shape index (κ3) is 3.48. The van der Waals surface area contributed by atoms with Crippen molar-refractivity contribution in [1.82, 2.24) is 0 Å². The van der Waals surface area contributed by atoms with Crippen LogP contribution in [0.2, 0.25) is 0 Å². The Balaban J connectivity index is 1.60. The number of carbonyl (C=O) groups is 2. The number of Topliss-reactive ketones (excluding diaryl/α,β-unsaturated/α-hetero) is 1. The van der Waals surface area contributed by atoms with Gasteiger partial charge in [-0.2, -0.15) is 0 Å². The molecule has 186 valence electrons. The van der Waals surface area contributed by atoms with E-state index in [0.29, 0.717) is 36.4 Å². The van der Waals surface area contributed by atoms with E-state index in [1.54, 1.807) is 0 Å². The van der Waals surface area contributed by atoms with E-state index < -0.39 is 12.1 Å². The molecule has 0 amide bonds. The van der Waals surface area contributed by atoms with Gasteiger partial charge in [0.05, 0.1) is 12.0 Å². The summed E-state index contributed by atoms with van der Waals surface area (Å²) in [4.78, 5) is 23.4. The van der Waals surface area contributed by atoms with Crippen LogP contribution in [0, 0.1) is 45.3 Å². The Morgan fingerprint density at radius 2 is 1.73 bits per heavy atom. The number of allylic oxidation sites excluding steroid dienone is 1. The fraction of sp³-hybridized carbons (Fsp3) is 0.862. The van der Waals surface area contributed by atoms with Crippen molar-refractivity contribution in [2.24, 2.45) is 45.3 Å². The summed E-state index contributed by atoms with van der Waals surface area (Å²) in [6.07, 6.45) is 11.2. The molecule has 0 aliphatic heterocycles. The van der Waals surface area contributed by atoms with Gasteiger partial charge in [-0.1, -0.05) is 66.0 Å². The Morgan fingerprint density at radius 1 is 1.06 bits per heavy atom. The van der Waals surface area contributed by atoms with Crippen molar-refractivity contribution in [3.63, 3.8) is 0 Å². The Hall–Kier alpha value is -1.16. The highest BCUT2D eigenvalue weighted by Gasteiger charge is 2.69. The molecule has 4 aliphatic rings. The highest BCUT2D eigenvalue weighted by atomic mass is 16.4. The zero-order chi connectivity index (χ0) is 24.4. The highest BCUT2D eigenvalue weighted by Crippen LogP contribution is 2.75. The molecule has 0 aromatic heterocycles. The second-order valence-corrected chi connectivity index (χ2v) is 13.2. The number of hydrogen-bond acceptors (Lipinski definition) is 3. The van der Waals surface area contributed by atoms with E-state index in [1.807, 2.05) is 6.92 Å². The summed E-state index contributed by atoms with van der Waals surface area (Å²) in [7, 11) is 0. The van der Waals surface area contributed by atoms with Gasteiger partial charge in [0.15, 0.2) is 0 Å². The van der Waals surface area contributed by atoms with Crippen molar-refractivity contribution >= 4 is 11.8 Å². The second kappa shape index (κ2) is 8.21. The molecule has 0 heterocycles. The van der Waals surface area contributed by atoms with Crippen LogP contribution in [-0.2, 0) is 9.59 Å². The van der Waals surface area contributed by atoms with Crippen LogP contribution in [-0.4, -0.2) is 28.1 Å². The van der Waals surface area contributed by atoms with Crippen molar-refractivity contribution in [2.45, 2.75) is 112 Å². The molecular weight excluding hydrogens is 412 g/mol. The fourth-order valence-corrected chi connectivity index (χ4v) is 9.38. The second-order valence-electron chi connectivity index (χ2n) is 13.2. The number of carboxylic acid groups (broad SMARTS) is 1. The molecule has 0 spiro atoms. The summed E-state index contributed by atoms with van der Waals surface area (Å²) in [6.45, 7) is 13.9. The van der Waals surface area contributed by atoms with Crippen molar-refractivity contribution in [2.75, 3.05) is 0 Å². The van der Waals surface area contributed by atoms with Crippen LogP contribution in [0.5, 0.6) is 0 Å². The van der Waals surface area contributed by atoms with Gasteiger partial charge in [0.1, 0.15) is 5.78 Å². The molecule has 0 bridgehead atoms. The lowest BCUT2D eigenvalue weighted by Crippen LogP contribution is -2.62. The first-order valence-electron chi connectivity index (χ1n) is 13.4. The molecule has 9 atom stereocenters. The lowest BCUT2D eigenvalue weighted by molar-refractivity contribution is -0.172. The van der Waals surface area contributed by atoms with Gasteiger partial charge in [0, 0.05) is 18.3 Å². The molecule has 2 N–H and O–H groups in total. The lowest BCUT2D eigenvalue weighted by atomic mass is 9.39. The molecule has 0 aromatic rings. The molecular formula is C29H46O4. The van der Waals surface area contributed by atoms with Crippen LogP contribution in [0.25, 0.3) is 0 Å². The Morgan fingerprint density at radius 3 is 2.39 bits per heavy atom. The topological polar surface area (TPSA) is 74.6 Å². The summed E-state index contributed by atoms with van der Waals surface area (Å²) in [5.74, 6) is 0.798. The van der Waals surface area contributed by atoms with Crippen molar-refractivity contribution in [3.05, 3.63) is 11.6 Å². The molecule has 4 heteroatoms. The van der Waals surface area contributed by atoms with E-state index >= 15 is 0 Å². The summed E-state index contributed by atoms with van der Waals surface area (Å²) in [5.41, 5.74) is 1.47. The predicted octanol–water partition coefficient (Wildman–Crippen LogP) is 6.41. The minimum Gasteiger partial charge on any atom is -0.481 e. The largest absolute Gasteiger partial charge is 0.481 e. The van der Waals surface area contributed by atoms with Crippen molar-refractivity contribution in [3.8, 4) is 0 Å². The van der Waals surface area contributed by atoms with Crippen LogP contribution < -0.4 is 0 Å². The zero-order valence-electron chi connectivity index (χ0n) is 21.7. The first-order chi connectivity index (χ1) is 15.3. The maximum atomic E-state index is 12.2. The maximum absolute atomic E-state index is 12.2. The Bertz CT molecular complexity index is 847. The van der Waals surface area contributed by atoms with E-state index in [9.17, 15) is 19.8 Å². The van der Waals surface area contributed by atoms with Crippen LogP contribution in [0.4, 0.5) is 0 Å². The molecule has 4 rings (SSSR count). The average Bonchev–Trinajstić information content (AvgIpc) is 3.03. The van der Waals surface area contributed by atoms with E-state index in [4.69, 9.17) is 0 Å². The summed E-state index contributed by atoms with van der Waals surface area (Å²) < 4.78 is 0. The molecule has 3 saturated carbocycles. The molecule has 3 fully saturated rings. The monoisotopic (exact) mass is 458 g/mol. The average molecular weight is 459 g/mol. The van der Waals surface area contributed by atoms with Crippen molar-refractivity contribution < 1.29 is 19.8 Å². The lowest BCUT2D eigenvalue weighted by Gasteiger charge is -2.65. The predicted molar refractivity (Wildman–Crippen MR) is 131 cm³/mol. The summed E-state index contributed by atoms with van der Waals surface area (Å²) in [5, 5.41) is 20.8. The normalized spacial score (nSPS) is 46.6. The molecule has 0 aromatic carbocycles. The third-order valence-corrected chi connectivity index (χ3v) is 12.1. The van der Waals surface area contributed by atoms with Gasteiger partial charge in [-0.05, 0) is 72.5 Å². The first-order valence-corrected chi connectivity index (χ1v) is 13.4. The van der Waals surface area contributed by atoms with Crippen molar-refractivity contribution in [1.29, 1.82) is 0 Å². The molecule has 0 saturated heterocycles. The molecule has 2 unspecified atom stereocenters. The zero-order valence-corrected chi connectivity index (χ0v) is 21.7. The standard InChI is InChI=1S/C29H46O4/c1-18(25(32)33)8-7-9-19(2)27(4)14-12-23-28(27,5)15-11-22-26(3)13-10-21(30)16-20(26)17-24(31)29(22,23)6/h17-19,22-24,31H,7-16H2,1-6H3,(H,32,33)/t18?,19-,22-,23-,24-,26+,27?,28+,29-/m1/s1. The van der Waals surface area contributed by atoms with Crippen LogP contribution in [0.1, 0.15) is 106 Å². The minimum absolute atomic E-state index is 0.0425. The number of aliphatic hydroxyl groups excluding tert-OH is 1. The van der Waals surface area contributed by atoms with Crippen LogP contribution >= 0.6 is 0 Å². The number of ketones is 1. The summed E-state index contributed by atoms with van der Waals surface area (Å²) >= 11 is 0. The molecule has 33 heavy (non-hydrogen) atoms. The number of fused-ring (bicyclic) bond motifs is 5. The smallest absolute Gasteiger partial charge is 0.306 e. The van der Waals surface area contributed by atoms with Gasteiger partial charge >= 0.3 is 5.97 Å².